The maximum absolute atomic E-state index is 13.0. The minimum absolute atomic E-state index is 0.0312. The second kappa shape index (κ2) is 8.00. The number of carbonyl (C=O) groups is 2. The Bertz CT molecular complexity index is 892. The number of nitrogens with one attached hydrogen (secondary N) is 1. The number of amides is 2. The van der Waals surface area contributed by atoms with E-state index in [0.29, 0.717) is 44.1 Å². The van der Waals surface area contributed by atoms with Gasteiger partial charge in [-0.15, -0.1) is 0 Å². The molecule has 28 heavy (non-hydrogen) atoms. The second-order valence-electron chi connectivity index (χ2n) is 7.50. The minimum Gasteiger partial charge on any atom is -0.491 e. The number of aryl methyl sites for hydroxylation is 2. The van der Waals surface area contributed by atoms with Crippen molar-refractivity contribution in [1.82, 2.24) is 15.2 Å². The Balaban J connectivity index is 1.46. The lowest BCUT2D eigenvalue weighted by Gasteiger charge is -2.20. The average Bonchev–Trinajstić information content (AvgIpc) is 3.52. The molecule has 6 heteroatoms. The number of aromatic nitrogens is 1. The van der Waals surface area contributed by atoms with E-state index in [9.17, 15) is 9.59 Å². The molecule has 2 aliphatic rings. The Kier molecular flexibility index (Phi) is 5.28. The van der Waals surface area contributed by atoms with Crippen LogP contribution >= 0.6 is 0 Å². The predicted molar refractivity (Wildman–Crippen MR) is 105 cm³/mol. The van der Waals surface area contributed by atoms with E-state index in [1.54, 1.807) is 17.2 Å². The molecule has 146 valence electrons. The predicted octanol–water partition coefficient (Wildman–Crippen LogP) is 2.64. The summed E-state index contributed by atoms with van der Waals surface area (Å²) >= 11 is 0. The van der Waals surface area contributed by atoms with Gasteiger partial charge in [0.1, 0.15) is 12.4 Å². The van der Waals surface area contributed by atoms with Crippen LogP contribution in [-0.2, 0) is 17.8 Å². The van der Waals surface area contributed by atoms with Crippen LogP contribution in [0.2, 0.25) is 0 Å². The molecule has 0 spiro atoms. The van der Waals surface area contributed by atoms with Gasteiger partial charge in [-0.3, -0.25) is 14.6 Å². The number of ether oxygens (including phenoxy) is 1. The maximum Gasteiger partial charge on any atom is 0.256 e. The molecule has 2 heterocycles. The van der Waals surface area contributed by atoms with Gasteiger partial charge in [-0.25, -0.2) is 0 Å². The van der Waals surface area contributed by atoms with Gasteiger partial charge in [-0.1, -0.05) is 12.1 Å². The van der Waals surface area contributed by atoms with Gasteiger partial charge >= 0.3 is 0 Å². The van der Waals surface area contributed by atoms with Crippen LogP contribution in [0.1, 0.15) is 46.4 Å². The van der Waals surface area contributed by atoms with Crippen LogP contribution in [0.4, 0.5) is 0 Å². The van der Waals surface area contributed by atoms with Crippen molar-refractivity contribution in [2.24, 2.45) is 0 Å². The largest absolute Gasteiger partial charge is 0.491 e. The average molecular weight is 379 g/mol. The van der Waals surface area contributed by atoms with Crippen molar-refractivity contribution in [2.75, 3.05) is 13.2 Å². The Labute approximate surface area is 164 Å². The molecule has 0 saturated heterocycles. The van der Waals surface area contributed by atoms with Crippen LogP contribution < -0.4 is 10.1 Å². The molecule has 6 nitrogen and oxygen atoms in total. The molecule has 1 aliphatic heterocycles. The van der Waals surface area contributed by atoms with Crippen molar-refractivity contribution < 1.29 is 14.3 Å². The molecule has 1 aliphatic carbocycles. The third-order valence-corrected chi connectivity index (χ3v) is 5.21. The summed E-state index contributed by atoms with van der Waals surface area (Å²) in [7, 11) is 0. The summed E-state index contributed by atoms with van der Waals surface area (Å²) in [6.07, 6.45) is 5.05. The van der Waals surface area contributed by atoms with Gasteiger partial charge in [0.15, 0.2) is 0 Å². The summed E-state index contributed by atoms with van der Waals surface area (Å²) < 4.78 is 5.85. The third-order valence-electron chi connectivity index (χ3n) is 5.21. The van der Waals surface area contributed by atoms with E-state index < -0.39 is 0 Å². The highest BCUT2D eigenvalue weighted by Gasteiger charge is 2.24. The van der Waals surface area contributed by atoms with E-state index in [4.69, 9.17) is 4.74 Å². The zero-order valence-electron chi connectivity index (χ0n) is 16.1. The van der Waals surface area contributed by atoms with E-state index in [2.05, 4.69) is 16.4 Å². The quantitative estimate of drug-likeness (QED) is 0.867. The standard InChI is InChI=1S/C22H25N3O3/c1-15-19(3-2-10-23-15)22(27)25-11-12-28-20-8-4-16(13-17(20)14-25)5-9-21(26)24-18-6-7-18/h2-4,8,10,13,18H,5-7,9,11-12,14H2,1H3,(H,24,26). The van der Waals surface area contributed by atoms with Crippen LogP contribution in [0.5, 0.6) is 5.75 Å². The van der Waals surface area contributed by atoms with Gasteiger partial charge < -0.3 is 15.0 Å². The Morgan fingerprint density at radius 3 is 2.93 bits per heavy atom. The molecule has 1 aromatic carbocycles. The van der Waals surface area contributed by atoms with E-state index in [0.717, 1.165) is 35.4 Å². The first-order chi connectivity index (χ1) is 13.6. The molecule has 2 aromatic rings. The number of hydrogen-bond donors (Lipinski definition) is 1. The minimum atomic E-state index is -0.0312. The van der Waals surface area contributed by atoms with Gasteiger partial charge in [0.25, 0.3) is 5.91 Å². The molecule has 0 radical (unpaired) electrons. The lowest BCUT2D eigenvalue weighted by atomic mass is 10.0. The van der Waals surface area contributed by atoms with Crippen LogP contribution in [0, 0.1) is 6.92 Å². The monoisotopic (exact) mass is 379 g/mol. The first kappa shape index (κ1) is 18.5. The van der Waals surface area contributed by atoms with Crippen molar-refractivity contribution in [2.45, 2.75) is 45.2 Å². The highest BCUT2D eigenvalue weighted by Crippen LogP contribution is 2.26. The third kappa shape index (κ3) is 4.32. The van der Waals surface area contributed by atoms with Crippen molar-refractivity contribution in [3.63, 3.8) is 0 Å². The number of carbonyl (C=O) groups excluding carboxylic acids is 2. The van der Waals surface area contributed by atoms with Crippen LogP contribution in [0.3, 0.4) is 0 Å². The van der Waals surface area contributed by atoms with Gasteiger partial charge in [-0.05, 0) is 49.9 Å². The number of benzene rings is 1. The summed E-state index contributed by atoms with van der Waals surface area (Å²) in [6, 6.07) is 10.0. The number of rotatable bonds is 5. The Hall–Kier alpha value is -2.89. The summed E-state index contributed by atoms with van der Waals surface area (Å²) in [4.78, 5) is 30.9. The lowest BCUT2D eigenvalue weighted by molar-refractivity contribution is -0.121. The van der Waals surface area contributed by atoms with E-state index in [1.807, 2.05) is 25.1 Å². The molecule has 0 atom stereocenters. The summed E-state index contributed by atoms with van der Waals surface area (Å²) in [5.41, 5.74) is 3.42. The van der Waals surface area contributed by atoms with Crippen LogP contribution in [0.15, 0.2) is 36.5 Å². The first-order valence-corrected chi connectivity index (χ1v) is 9.85. The Morgan fingerprint density at radius 2 is 2.14 bits per heavy atom. The molecule has 0 unspecified atom stereocenters. The molecular formula is C22H25N3O3. The maximum atomic E-state index is 13.0. The van der Waals surface area contributed by atoms with Gasteiger partial charge in [-0.2, -0.15) is 0 Å². The number of nitrogens with zero attached hydrogens (tertiary/aromatic N) is 2. The van der Waals surface area contributed by atoms with Gasteiger partial charge in [0.2, 0.25) is 5.91 Å². The van der Waals surface area contributed by atoms with E-state index >= 15 is 0 Å². The SMILES string of the molecule is Cc1ncccc1C(=O)N1CCOc2ccc(CCC(=O)NC3CC3)cc2C1. The molecule has 4 rings (SSSR count). The highest BCUT2D eigenvalue weighted by atomic mass is 16.5. The summed E-state index contributed by atoms with van der Waals surface area (Å²) in [5.74, 6) is 0.887. The summed E-state index contributed by atoms with van der Waals surface area (Å²) in [6.45, 7) is 3.33. The molecule has 1 N–H and O–H groups in total. The number of fused-ring (bicyclic) bond motifs is 1. The van der Waals surface area contributed by atoms with E-state index in [1.165, 1.54) is 0 Å². The lowest BCUT2D eigenvalue weighted by Crippen LogP contribution is -2.33. The topological polar surface area (TPSA) is 71.5 Å². The zero-order valence-corrected chi connectivity index (χ0v) is 16.1. The highest BCUT2D eigenvalue weighted by molar-refractivity contribution is 5.95. The summed E-state index contributed by atoms with van der Waals surface area (Å²) in [5, 5.41) is 3.02. The number of hydrogen-bond acceptors (Lipinski definition) is 4. The van der Waals surface area contributed by atoms with E-state index in [-0.39, 0.29) is 11.8 Å². The fourth-order valence-corrected chi connectivity index (χ4v) is 3.44. The molecule has 1 fully saturated rings. The normalized spacial score (nSPS) is 16.0. The Morgan fingerprint density at radius 1 is 1.29 bits per heavy atom. The first-order valence-electron chi connectivity index (χ1n) is 9.85. The van der Waals surface area contributed by atoms with Gasteiger partial charge in [0.05, 0.1) is 12.1 Å². The van der Waals surface area contributed by atoms with Crippen molar-refractivity contribution in [1.29, 1.82) is 0 Å². The van der Waals surface area contributed by atoms with Crippen LogP contribution in [0.25, 0.3) is 0 Å². The fraction of sp³-hybridized carbons (Fsp3) is 0.409. The van der Waals surface area contributed by atoms with Crippen molar-refractivity contribution in [3.05, 3.63) is 58.9 Å². The van der Waals surface area contributed by atoms with Crippen molar-refractivity contribution >= 4 is 11.8 Å². The smallest absolute Gasteiger partial charge is 0.256 e. The molecule has 0 bridgehead atoms. The fourth-order valence-electron chi connectivity index (χ4n) is 3.44. The second-order valence-corrected chi connectivity index (χ2v) is 7.50. The zero-order chi connectivity index (χ0) is 19.5. The van der Waals surface area contributed by atoms with Gasteiger partial charge in [0, 0.05) is 36.5 Å². The number of pyridine rings is 1. The molecule has 2 amide bonds. The molecular weight excluding hydrogens is 354 g/mol. The van der Waals surface area contributed by atoms with Crippen molar-refractivity contribution in [3.8, 4) is 5.75 Å². The molecule has 1 saturated carbocycles. The van der Waals surface area contributed by atoms with Crippen LogP contribution in [-0.4, -0.2) is 40.9 Å². The molecule has 1 aromatic heterocycles.